The van der Waals surface area contributed by atoms with Gasteiger partial charge in [-0.15, -0.1) is 11.3 Å². The second kappa shape index (κ2) is 7.12. The highest BCUT2D eigenvalue weighted by Gasteiger charge is 1.95. The van der Waals surface area contributed by atoms with Gasteiger partial charge in [-0.25, -0.2) is 0 Å². The molecule has 0 fully saturated rings. The highest BCUT2D eigenvalue weighted by atomic mass is 32.2. The Morgan fingerprint density at radius 2 is 2.25 bits per heavy atom. The molecule has 0 amide bonds. The van der Waals surface area contributed by atoms with E-state index in [0.717, 1.165) is 18.8 Å². The summed E-state index contributed by atoms with van der Waals surface area (Å²) in [6, 6.07) is 6.49. The van der Waals surface area contributed by atoms with E-state index < -0.39 is 0 Å². The van der Waals surface area contributed by atoms with Crippen LogP contribution >= 0.6 is 34.4 Å². The highest BCUT2D eigenvalue weighted by Crippen LogP contribution is 2.14. The zero-order chi connectivity index (χ0) is 11.1. The summed E-state index contributed by atoms with van der Waals surface area (Å²) in [5, 5.41) is 9.96. The van der Waals surface area contributed by atoms with Crippen LogP contribution in [0.25, 0.3) is 0 Å². The molecule has 1 N–H and O–H groups in total. The lowest BCUT2D eigenvalue weighted by Gasteiger charge is -2.02. The van der Waals surface area contributed by atoms with Crippen molar-refractivity contribution in [3.8, 4) is 0 Å². The number of hydrogen-bond acceptors (Lipinski definition) is 4. The molecule has 4 heteroatoms. The van der Waals surface area contributed by atoms with Crippen LogP contribution in [0.2, 0.25) is 0 Å². The molecule has 86 valence electrons. The van der Waals surface area contributed by atoms with Gasteiger partial charge in [0.25, 0.3) is 0 Å². The Hall–Kier alpha value is -0.290. The van der Waals surface area contributed by atoms with Gasteiger partial charge in [0.1, 0.15) is 0 Å². The van der Waals surface area contributed by atoms with Gasteiger partial charge >= 0.3 is 0 Å². The van der Waals surface area contributed by atoms with Crippen LogP contribution in [0.3, 0.4) is 0 Å². The number of rotatable bonds is 7. The Labute approximate surface area is 109 Å². The average Bonchev–Trinajstić information content (AvgIpc) is 2.96. The van der Waals surface area contributed by atoms with E-state index in [9.17, 15) is 0 Å². The van der Waals surface area contributed by atoms with Crippen LogP contribution in [0.5, 0.6) is 0 Å². The van der Waals surface area contributed by atoms with Gasteiger partial charge < -0.3 is 5.32 Å². The Balaban J connectivity index is 1.49. The van der Waals surface area contributed by atoms with Gasteiger partial charge in [0.05, 0.1) is 0 Å². The molecule has 0 aliphatic carbocycles. The summed E-state index contributed by atoms with van der Waals surface area (Å²) in [7, 11) is 0. The van der Waals surface area contributed by atoms with Gasteiger partial charge in [0.15, 0.2) is 0 Å². The maximum absolute atomic E-state index is 3.46. The monoisotopic (exact) mass is 269 g/mol. The Morgan fingerprint density at radius 3 is 3.00 bits per heavy atom. The standard InChI is InChI=1S/C12H15NS3/c1-2-12(16-5-1)8-13-4-7-15-10-11-3-6-14-9-11/h1-3,5-6,9,13H,4,7-8,10H2. The van der Waals surface area contributed by atoms with Crippen LogP contribution in [-0.2, 0) is 12.3 Å². The van der Waals surface area contributed by atoms with Crippen LogP contribution < -0.4 is 5.32 Å². The molecule has 2 aromatic heterocycles. The van der Waals surface area contributed by atoms with E-state index in [0.29, 0.717) is 0 Å². The third kappa shape index (κ3) is 4.29. The van der Waals surface area contributed by atoms with Crippen molar-refractivity contribution in [2.24, 2.45) is 0 Å². The SMILES string of the molecule is c1csc(CNCCSCc2ccsc2)c1. The highest BCUT2D eigenvalue weighted by molar-refractivity contribution is 7.98. The van der Waals surface area contributed by atoms with E-state index in [1.54, 1.807) is 11.3 Å². The fourth-order valence-electron chi connectivity index (χ4n) is 1.33. The number of nitrogens with one attached hydrogen (secondary N) is 1. The summed E-state index contributed by atoms with van der Waals surface area (Å²) in [6.45, 7) is 2.10. The molecule has 2 aromatic rings. The maximum Gasteiger partial charge on any atom is 0.0300 e. The van der Waals surface area contributed by atoms with Crippen molar-refractivity contribution in [2.75, 3.05) is 12.3 Å². The molecule has 0 unspecified atom stereocenters. The molecule has 0 aliphatic rings. The largest absolute Gasteiger partial charge is 0.311 e. The van der Waals surface area contributed by atoms with Crippen LogP contribution in [0.4, 0.5) is 0 Å². The molecule has 2 heterocycles. The second-order valence-electron chi connectivity index (χ2n) is 3.44. The second-order valence-corrected chi connectivity index (χ2v) is 6.36. The zero-order valence-electron chi connectivity index (χ0n) is 9.02. The Kier molecular flexibility index (Phi) is 5.42. The topological polar surface area (TPSA) is 12.0 Å². The lowest BCUT2D eigenvalue weighted by atomic mass is 10.4. The van der Waals surface area contributed by atoms with E-state index in [4.69, 9.17) is 0 Å². The minimum atomic E-state index is 1.01. The third-order valence-corrected chi connectivity index (χ3v) is 4.79. The molecule has 2 rings (SSSR count). The predicted octanol–water partition coefficient (Wildman–Crippen LogP) is 3.83. The summed E-state index contributed by atoms with van der Waals surface area (Å²) in [4.78, 5) is 1.42. The maximum atomic E-state index is 3.46. The van der Waals surface area contributed by atoms with Crippen LogP contribution in [-0.4, -0.2) is 12.3 Å². The first-order valence-corrected chi connectivity index (χ1v) is 8.25. The normalized spacial score (nSPS) is 10.8. The van der Waals surface area contributed by atoms with Crippen molar-refractivity contribution in [3.05, 3.63) is 44.8 Å². The number of hydrogen-bond donors (Lipinski definition) is 1. The fraction of sp³-hybridized carbons (Fsp3) is 0.333. The molecule has 0 aliphatic heterocycles. The van der Waals surface area contributed by atoms with E-state index in [-0.39, 0.29) is 0 Å². The minimum Gasteiger partial charge on any atom is -0.311 e. The van der Waals surface area contributed by atoms with E-state index >= 15 is 0 Å². The van der Waals surface area contributed by atoms with Gasteiger partial charge in [0, 0.05) is 29.5 Å². The molecule has 0 saturated heterocycles. The van der Waals surface area contributed by atoms with Crippen molar-refractivity contribution in [2.45, 2.75) is 12.3 Å². The van der Waals surface area contributed by atoms with Gasteiger partial charge in [-0.1, -0.05) is 6.07 Å². The molecule has 0 atom stereocenters. The quantitative estimate of drug-likeness (QED) is 0.767. The molecular formula is C12H15NS3. The lowest BCUT2D eigenvalue weighted by Crippen LogP contribution is -2.15. The number of thiophene rings is 2. The molecule has 0 aromatic carbocycles. The van der Waals surface area contributed by atoms with Crippen molar-refractivity contribution < 1.29 is 0 Å². The molecule has 0 saturated carbocycles. The Bertz CT molecular complexity index is 329. The molecular weight excluding hydrogens is 254 g/mol. The van der Waals surface area contributed by atoms with Gasteiger partial charge in [0.2, 0.25) is 0 Å². The number of thioether (sulfide) groups is 1. The smallest absolute Gasteiger partial charge is 0.0300 e. The molecule has 1 nitrogen and oxygen atoms in total. The predicted molar refractivity (Wildman–Crippen MR) is 76.5 cm³/mol. The summed E-state index contributed by atoms with van der Waals surface area (Å²) in [5.74, 6) is 2.32. The first-order chi connectivity index (χ1) is 7.95. The first-order valence-electron chi connectivity index (χ1n) is 5.27. The van der Waals surface area contributed by atoms with E-state index in [1.165, 1.54) is 16.2 Å². The van der Waals surface area contributed by atoms with Crippen LogP contribution in [0, 0.1) is 0 Å². The molecule has 16 heavy (non-hydrogen) atoms. The summed E-state index contributed by atoms with van der Waals surface area (Å²) in [6.07, 6.45) is 0. The third-order valence-electron chi connectivity index (χ3n) is 2.15. The molecule has 0 spiro atoms. The van der Waals surface area contributed by atoms with Gasteiger partial charge in [-0.3, -0.25) is 0 Å². The molecule has 0 bridgehead atoms. The Morgan fingerprint density at radius 1 is 1.25 bits per heavy atom. The van der Waals surface area contributed by atoms with Crippen LogP contribution in [0.1, 0.15) is 10.4 Å². The summed E-state index contributed by atoms with van der Waals surface area (Å²) in [5.41, 5.74) is 1.45. The first kappa shape index (κ1) is 12.2. The zero-order valence-corrected chi connectivity index (χ0v) is 11.5. The van der Waals surface area contributed by atoms with E-state index in [1.807, 2.05) is 23.1 Å². The van der Waals surface area contributed by atoms with Gasteiger partial charge in [-0.05, 0) is 33.8 Å². The summed E-state index contributed by atoms with van der Waals surface area (Å²) < 4.78 is 0. The fourth-order valence-corrected chi connectivity index (χ4v) is 3.63. The van der Waals surface area contributed by atoms with Gasteiger partial charge in [-0.2, -0.15) is 23.1 Å². The van der Waals surface area contributed by atoms with Crippen molar-refractivity contribution >= 4 is 34.4 Å². The van der Waals surface area contributed by atoms with Crippen molar-refractivity contribution in [3.63, 3.8) is 0 Å². The van der Waals surface area contributed by atoms with E-state index in [2.05, 4.69) is 39.7 Å². The lowest BCUT2D eigenvalue weighted by molar-refractivity contribution is 0.741. The van der Waals surface area contributed by atoms with Crippen molar-refractivity contribution in [1.82, 2.24) is 5.32 Å². The minimum absolute atomic E-state index is 1.01. The van der Waals surface area contributed by atoms with Crippen LogP contribution in [0.15, 0.2) is 34.3 Å². The summed E-state index contributed by atoms with van der Waals surface area (Å²) >= 11 is 5.59. The molecule has 0 radical (unpaired) electrons. The average molecular weight is 269 g/mol. The van der Waals surface area contributed by atoms with Crippen molar-refractivity contribution in [1.29, 1.82) is 0 Å².